The monoisotopic (exact) mass is 329 g/mol. The predicted molar refractivity (Wildman–Crippen MR) is 93.2 cm³/mol. The molecule has 3 rings (SSSR count). The summed E-state index contributed by atoms with van der Waals surface area (Å²) in [5.41, 5.74) is 2.73. The first kappa shape index (κ1) is 16.5. The molecule has 24 heavy (non-hydrogen) atoms. The Morgan fingerprint density at radius 3 is 2.67 bits per heavy atom. The molecular formula is C17H23N5O2. The van der Waals surface area contributed by atoms with Crippen LogP contribution in [0.1, 0.15) is 25.1 Å². The van der Waals surface area contributed by atoms with Gasteiger partial charge in [-0.15, -0.1) is 0 Å². The zero-order valence-corrected chi connectivity index (χ0v) is 14.7. The maximum atomic E-state index is 10.2. The van der Waals surface area contributed by atoms with Gasteiger partial charge in [0, 0.05) is 26.6 Å². The fourth-order valence-corrected chi connectivity index (χ4v) is 2.73. The average Bonchev–Trinajstić information content (AvgIpc) is 3.01. The molecule has 0 bridgehead atoms. The van der Waals surface area contributed by atoms with Gasteiger partial charge in [-0.2, -0.15) is 10.2 Å². The van der Waals surface area contributed by atoms with Gasteiger partial charge in [-0.05, 0) is 31.5 Å². The van der Waals surface area contributed by atoms with Crippen LogP contribution in [0.3, 0.4) is 0 Å². The fourth-order valence-electron chi connectivity index (χ4n) is 2.73. The Labute approximate surface area is 140 Å². The molecule has 1 aromatic carbocycles. The molecular weight excluding hydrogens is 306 g/mol. The molecule has 2 heterocycles. The number of anilines is 2. The molecule has 0 aliphatic rings. The van der Waals surface area contributed by atoms with Gasteiger partial charge in [0.15, 0.2) is 5.82 Å². The van der Waals surface area contributed by atoms with E-state index >= 15 is 0 Å². The molecule has 0 saturated carbocycles. The van der Waals surface area contributed by atoms with Gasteiger partial charge in [-0.25, -0.2) is 0 Å². The standard InChI is InChI=1S/C17H23N5O2/c1-17(2,23)11-6-7-12-14(8-11)22(4)20-16(12)19-13-9-18-21(3)15(13)10-24-5/h6-9,23H,10H2,1-5H3,(H,19,20). The molecule has 7 nitrogen and oxygen atoms in total. The molecule has 128 valence electrons. The summed E-state index contributed by atoms with van der Waals surface area (Å²) < 4.78 is 8.82. The first-order chi connectivity index (χ1) is 11.3. The van der Waals surface area contributed by atoms with Crippen molar-refractivity contribution >= 4 is 22.4 Å². The zero-order chi connectivity index (χ0) is 17.5. The summed E-state index contributed by atoms with van der Waals surface area (Å²) in [7, 11) is 5.43. The fraction of sp³-hybridized carbons (Fsp3) is 0.412. The number of fused-ring (bicyclic) bond motifs is 1. The van der Waals surface area contributed by atoms with Crippen LogP contribution in [-0.2, 0) is 31.0 Å². The third kappa shape index (κ3) is 2.88. The minimum atomic E-state index is -0.888. The number of nitrogens with zero attached hydrogens (tertiary/aromatic N) is 4. The number of benzene rings is 1. The zero-order valence-electron chi connectivity index (χ0n) is 14.7. The molecule has 2 aromatic heterocycles. The van der Waals surface area contributed by atoms with Crippen LogP contribution in [0.4, 0.5) is 11.5 Å². The van der Waals surface area contributed by atoms with Crippen molar-refractivity contribution in [3.8, 4) is 0 Å². The number of methoxy groups -OCH3 is 1. The number of aryl methyl sites for hydroxylation is 2. The van der Waals surface area contributed by atoms with E-state index < -0.39 is 5.60 Å². The van der Waals surface area contributed by atoms with Gasteiger partial charge in [0.2, 0.25) is 0 Å². The number of rotatable bonds is 5. The summed E-state index contributed by atoms with van der Waals surface area (Å²) in [4.78, 5) is 0. The number of hydrogen-bond acceptors (Lipinski definition) is 5. The molecule has 7 heteroatoms. The third-order valence-corrected chi connectivity index (χ3v) is 4.15. The van der Waals surface area contributed by atoms with Gasteiger partial charge in [0.1, 0.15) is 0 Å². The van der Waals surface area contributed by atoms with Crippen LogP contribution in [0.25, 0.3) is 10.9 Å². The summed E-state index contributed by atoms with van der Waals surface area (Å²) in [6, 6.07) is 5.87. The van der Waals surface area contributed by atoms with Gasteiger partial charge < -0.3 is 15.2 Å². The van der Waals surface area contributed by atoms with Crippen LogP contribution in [0.15, 0.2) is 24.4 Å². The van der Waals surface area contributed by atoms with Gasteiger partial charge in [0.25, 0.3) is 0 Å². The van der Waals surface area contributed by atoms with Crippen molar-refractivity contribution in [2.75, 3.05) is 12.4 Å². The summed E-state index contributed by atoms with van der Waals surface area (Å²) in [6.45, 7) is 4.01. The number of nitrogens with one attached hydrogen (secondary N) is 1. The van der Waals surface area contributed by atoms with Gasteiger partial charge in [-0.3, -0.25) is 9.36 Å². The summed E-state index contributed by atoms with van der Waals surface area (Å²) in [5.74, 6) is 0.750. The van der Waals surface area contributed by atoms with Crippen molar-refractivity contribution in [3.05, 3.63) is 35.7 Å². The van der Waals surface area contributed by atoms with Crippen LogP contribution in [-0.4, -0.2) is 31.8 Å². The van der Waals surface area contributed by atoms with Gasteiger partial charge in [0.05, 0.1) is 35.3 Å². The first-order valence-electron chi connectivity index (χ1n) is 7.77. The van der Waals surface area contributed by atoms with Crippen LogP contribution in [0.2, 0.25) is 0 Å². The van der Waals surface area contributed by atoms with Crippen LogP contribution in [0.5, 0.6) is 0 Å². The molecule has 0 unspecified atom stereocenters. The second kappa shape index (κ2) is 5.92. The quantitative estimate of drug-likeness (QED) is 0.752. The summed E-state index contributed by atoms with van der Waals surface area (Å²) >= 11 is 0. The summed E-state index contributed by atoms with van der Waals surface area (Å²) in [5, 5.41) is 23.4. The van der Waals surface area contributed by atoms with Crippen molar-refractivity contribution in [1.82, 2.24) is 19.6 Å². The first-order valence-corrected chi connectivity index (χ1v) is 7.77. The largest absolute Gasteiger partial charge is 0.386 e. The Morgan fingerprint density at radius 1 is 1.25 bits per heavy atom. The third-order valence-electron chi connectivity index (χ3n) is 4.15. The second-order valence-electron chi connectivity index (χ2n) is 6.45. The molecule has 0 spiro atoms. The molecule has 0 amide bonds. The topological polar surface area (TPSA) is 77.1 Å². The lowest BCUT2D eigenvalue weighted by Gasteiger charge is -2.17. The highest BCUT2D eigenvalue weighted by Gasteiger charge is 2.19. The van der Waals surface area contributed by atoms with Crippen LogP contribution >= 0.6 is 0 Å². The van der Waals surface area contributed by atoms with Crippen molar-refractivity contribution in [2.45, 2.75) is 26.1 Å². The van der Waals surface area contributed by atoms with E-state index in [1.807, 2.05) is 32.3 Å². The Bertz CT molecular complexity index is 873. The van der Waals surface area contributed by atoms with Crippen molar-refractivity contribution < 1.29 is 9.84 Å². The average molecular weight is 329 g/mol. The highest BCUT2D eigenvalue weighted by Crippen LogP contribution is 2.30. The molecule has 3 aromatic rings. The molecule has 0 aliphatic carbocycles. The lowest BCUT2D eigenvalue weighted by Crippen LogP contribution is -2.15. The molecule has 0 aliphatic heterocycles. The number of hydrogen-bond donors (Lipinski definition) is 2. The van der Waals surface area contributed by atoms with E-state index in [4.69, 9.17) is 4.74 Å². The summed E-state index contributed by atoms with van der Waals surface area (Å²) in [6.07, 6.45) is 1.76. The van der Waals surface area contributed by atoms with E-state index in [0.717, 1.165) is 33.7 Å². The Morgan fingerprint density at radius 2 is 2.00 bits per heavy atom. The van der Waals surface area contributed by atoms with E-state index in [2.05, 4.69) is 15.5 Å². The molecule has 0 saturated heterocycles. The normalized spacial score (nSPS) is 12.1. The minimum Gasteiger partial charge on any atom is -0.386 e. The molecule has 0 fully saturated rings. The molecule has 2 N–H and O–H groups in total. The molecule has 0 radical (unpaired) electrons. The Balaban J connectivity index is 2.02. The SMILES string of the molecule is COCc1c(Nc2nn(C)c3cc(C(C)(C)O)ccc23)cnn1C. The maximum Gasteiger partial charge on any atom is 0.160 e. The number of ether oxygens (including phenoxy) is 1. The Kier molecular flexibility index (Phi) is 4.06. The lowest BCUT2D eigenvalue weighted by molar-refractivity contribution is 0.0787. The maximum absolute atomic E-state index is 10.2. The van der Waals surface area contributed by atoms with Crippen molar-refractivity contribution in [3.63, 3.8) is 0 Å². The van der Waals surface area contributed by atoms with E-state index in [9.17, 15) is 5.11 Å². The van der Waals surface area contributed by atoms with Gasteiger partial charge in [-0.1, -0.05) is 6.07 Å². The van der Waals surface area contributed by atoms with E-state index in [0.29, 0.717) is 6.61 Å². The molecule has 0 atom stereocenters. The number of aliphatic hydroxyl groups is 1. The minimum absolute atomic E-state index is 0.465. The number of aromatic nitrogens is 4. The Hall–Kier alpha value is -2.38. The van der Waals surface area contributed by atoms with Crippen molar-refractivity contribution in [2.24, 2.45) is 14.1 Å². The van der Waals surface area contributed by atoms with Crippen molar-refractivity contribution in [1.29, 1.82) is 0 Å². The van der Waals surface area contributed by atoms with Crippen LogP contribution in [0, 0.1) is 0 Å². The second-order valence-corrected chi connectivity index (χ2v) is 6.45. The predicted octanol–water partition coefficient (Wildman–Crippen LogP) is 2.42. The smallest absolute Gasteiger partial charge is 0.160 e. The van der Waals surface area contributed by atoms with E-state index in [-0.39, 0.29) is 0 Å². The van der Waals surface area contributed by atoms with E-state index in [1.165, 1.54) is 0 Å². The highest BCUT2D eigenvalue weighted by molar-refractivity contribution is 5.92. The van der Waals surface area contributed by atoms with E-state index in [1.54, 1.807) is 36.5 Å². The van der Waals surface area contributed by atoms with Gasteiger partial charge >= 0.3 is 0 Å². The van der Waals surface area contributed by atoms with Crippen LogP contribution < -0.4 is 5.32 Å². The highest BCUT2D eigenvalue weighted by atomic mass is 16.5. The lowest BCUT2D eigenvalue weighted by atomic mass is 9.97.